The first kappa shape index (κ1) is 10.7. The van der Waals surface area contributed by atoms with Crippen molar-refractivity contribution in [2.45, 2.75) is 12.3 Å². The van der Waals surface area contributed by atoms with Crippen LogP contribution >= 0.6 is 0 Å². The van der Waals surface area contributed by atoms with E-state index in [2.05, 4.69) is 5.32 Å². The molecule has 0 bridgehead atoms. The summed E-state index contributed by atoms with van der Waals surface area (Å²) in [6.45, 7) is 0.590. The molecule has 1 heterocycles. The normalized spacial score (nSPS) is 19.3. The van der Waals surface area contributed by atoms with Gasteiger partial charge in [0, 0.05) is 18.9 Å². The first-order valence-corrected chi connectivity index (χ1v) is 5.16. The minimum atomic E-state index is -0.352. The molecule has 1 atom stereocenters. The zero-order chi connectivity index (χ0) is 11.5. The monoisotopic (exact) mass is 219 g/mol. The lowest BCUT2D eigenvalue weighted by atomic mass is 9.93. The lowest BCUT2D eigenvalue weighted by Gasteiger charge is -2.12. The van der Waals surface area contributed by atoms with Crippen LogP contribution in [0, 0.1) is 0 Å². The van der Waals surface area contributed by atoms with Gasteiger partial charge in [0.1, 0.15) is 0 Å². The summed E-state index contributed by atoms with van der Waals surface area (Å²) in [4.78, 5) is 22.7. The van der Waals surface area contributed by atoms with Crippen molar-refractivity contribution in [1.29, 1.82) is 0 Å². The van der Waals surface area contributed by atoms with E-state index < -0.39 is 0 Å². The fourth-order valence-electron chi connectivity index (χ4n) is 1.97. The van der Waals surface area contributed by atoms with Crippen LogP contribution in [0.5, 0.6) is 0 Å². The van der Waals surface area contributed by atoms with Crippen LogP contribution in [0.25, 0.3) is 0 Å². The van der Waals surface area contributed by atoms with Gasteiger partial charge in [-0.25, -0.2) is 4.79 Å². The maximum Gasteiger partial charge on any atom is 0.338 e. The van der Waals surface area contributed by atoms with Gasteiger partial charge in [0.25, 0.3) is 0 Å². The predicted octanol–water partition coefficient (Wildman–Crippen LogP) is 1.08. The van der Waals surface area contributed by atoms with Gasteiger partial charge in [0.15, 0.2) is 0 Å². The van der Waals surface area contributed by atoms with Crippen LogP contribution in [0.2, 0.25) is 0 Å². The van der Waals surface area contributed by atoms with E-state index in [-0.39, 0.29) is 17.8 Å². The fraction of sp³-hybridized carbons (Fsp3) is 0.333. The number of esters is 1. The first-order chi connectivity index (χ1) is 7.72. The lowest BCUT2D eigenvalue weighted by Crippen LogP contribution is -2.14. The van der Waals surface area contributed by atoms with Gasteiger partial charge in [-0.05, 0) is 11.6 Å². The third kappa shape index (κ3) is 1.91. The molecule has 2 rings (SSSR count). The van der Waals surface area contributed by atoms with Crippen molar-refractivity contribution in [1.82, 2.24) is 5.32 Å². The maximum absolute atomic E-state index is 11.5. The minimum absolute atomic E-state index is 0.0321. The van der Waals surface area contributed by atoms with Crippen LogP contribution in [-0.4, -0.2) is 25.5 Å². The largest absolute Gasteiger partial charge is 0.465 e. The summed E-state index contributed by atoms with van der Waals surface area (Å²) in [7, 11) is 1.36. The molecule has 1 unspecified atom stereocenters. The number of hydrogen-bond donors (Lipinski definition) is 1. The van der Waals surface area contributed by atoms with Crippen LogP contribution in [0.4, 0.5) is 0 Å². The molecule has 4 nitrogen and oxygen atoms in total. The average molecular weight is 219 g/mol. The number of rotatable bonds is 2. The molecule has 0 spiro atoms. The van der Waals surface area contributed by atoms with Gasteiger partial charge in [-0.15, -0.1) is 0 Å². The number of hydrogen-bond acceptors (Lipinski definition) is 3. The Balaban J connectivity index is 2.33. The smallest absolute Gasteiger partial charge is 0.338 e. The Hall–Kier alpha value is -1.84. The highest BCUT2D eigenvalue weighted by atomic mass is 16.5. The molecular weight excluding hydrogens is 206 g/mol. The highest BCUT2D eigenvalue weighted by Gasteiger charge is 2.26. The van der Waals surface area contributed by atoms with Crippen molar-refractivity contribution >= 4 is 11.9 Å². The highest BCUT2D eigenvalue weighted by molar-refractivity contribution is 5.92. The SMILES string of the molecule is COC(=O)c1ccccc1C1CNC(=O)C1. The minimum Gasteiger partial charge on any atom is -0.465 e. The van der Waals surface area contributed by atoms with E-state index in [4.69, 9.17) is 4.74 Å². The van der Waals surface area contributed by atoms with E-state index in [0.29, 0.717) is 18.5 Å². The molecule has 1 aliphatic heterocycles. The molecule has 1 N–H and O–H groups in total. The van der Waals surface area contributed by atoms with Gasteiger partial charge in [0.05, 0.1) is 12.7 Å². The quantitative estimate of drug-likeness (QED) is 0.757. The third-order valence-electron chi connectivity index (χ3n) is 2.78. The van der Waals surface area contributed by atoms with E-state index in [1.807, 2.05) is 12.1 Å². The second kappa shape index (κ2) is 4.35. The van der Waals surface area contributed by atoms with Gasteiger partial charge in [0.2, 0.25) is 5.91 Å². The topological polar surface area (TPSA) is 55.4 Å². The molecule has 1 amide bonds. The van der Waals surface area contributed by atoms with E-state index >= 15 is 0 Å². The van der Waals surface area contributed by atoms with E-state index in [1.54, 1.807) is 12.1 Å². The number of carbonyl (C=O) groups is 2. The zero-order valence-corrected chi connectivity index (χ0v) is 9.03. The van der Waals surface area contributed by atoms with Gasteiger partial charge in [-0.1, -0.05) is 18.2 Å². The Kier molecular flexibility index (Phi) is 2.90. The number of nitrogens with one attached hydrogen (secondary N) is 1. The van der Waals surface area contributed by atoms with Crippen molar-refractivity contribution < 1.29 is 14.3 Å². The number of methoxy groups -OCH3 is 1. The van der Waals surface area contributed by atoms with Crippen molar-refractivity contribution in [2.24, 2.45) is 0 Å². The van der Waals surface area contributed by atoms with Crippen LogP contribution in [0.15, 0.2) is 24.3 Å². The number of amides is 1. The van der Waals surface area contributed by atoms with Gasteiger partial charge in [-0.3, -0.25) is 4.79 Å². The number of benzene rings is 1. The zero-order valence-electron chi connectivity index (χ0n) is 9.03. The summed E-state index contributed by atoms with van der Waals surface area (Å²) < 4.78 is 4.72. The third-order valence-corrected chi connectivity index (χ3v) is 2.78. The Morgan fingerprint density at radius 1 is 1.44 bits per heavy atom. The van der Waals surface area contributed by atoms with Crippen molar-refractivity contribution in [3.63, 3.8) is 0 Å². The number of carbonyl (C=O) groups excluding carboxylic acids is 2. The molecule has 1 aromatic rings. The Labute approximate surface area is 93.6 Å². The molecule has 0 aliphatic carbocycles. The van der Waals surface area contributed by atoms with E-state index in [9.17, 15) is 9.59 Å². The standard InChI is InChI=1S/C12H13NO3/c1-16-12(15)10-5-3-2-4-9(10)8-6-11(14)13-7-8/h2-5,8H,6-7H2,1H3,(H,13,14). The molecule has 1 aliphatic rings. The average Bonchev–Trinajstić information content (AvgIpc) is 2.75. The molecule has 84 valence electrons. The van der Waals surface area contributed by atoms with Crippen LogP contribution < -0.4 is 5.32 Å². The van der Waals surface area contributed by atoms with Gasteiger partial charge < -0.3 is 10.1 Å². The van der Waals surface area contributed by atoms with Crippen molar-refractivity contribution in [3.05, 3.63) is 35.4 Å². The first-order valence-electron chi connectivity index (χ1n) is 5.16. The Morgan fingerprint density at radius 3 is 2.81 bits per heavy atom. The molecule has 0 aromatic heterocycles. The second-order valence-electron chi connectivity index (χ2n) is 3.78. The molecule has 0 radical (unpaired) electrons. The summed E-state index contributed by atoms with van der Waals surface area (Å²) in [5, 5.41) is 2.76. The summed E-state index contributed by atoms with van der Waals surface area (Å²) in [5.41, 5.74) is 1.43. The molecular formula is C12H13NO3. The summed E-state index contributed by atoms with van der Waals surface area (Å²) in [5.74, 6) is -0.248. The fourth-order valence-corrected chi connectivity index (χ4v) is 1.97. The van der Waals surface area contributed by atoms with Crippen LogP contribution in [0.3, 0.4) is 0 Å². The summed E-state index contributed by atoms with van der Waals surface area (Å²) in [6, 6.07) is 7.26. The molecule has 1 aromatic carbocycles. The molecule has 1 fully saturated rings. The molecule has 16 heavy (non-hydrogen) atoms. The maximum atomic E-state index is 11.5. The van der Waals surface area contributed by atoms with Crippen LogP contribution in [0.1, 0.15) is 28.3 Å². The summed E-state index contributed by atoms with van der Waals surface area (Å²) in [6.07, 6.45) is 0.438. The van der Waals surface area contributed by atoms with Crippen molar-refractivity contribution in [3.8, 4) is 0 Å². The van der Waals surface area contributed by atoms with E-state index in [0.717, 1.165) is 5.56 Å². The summed E-state index contributed by atoms with van der Waals surface area (Å²) >= 11 is 0. The lowest BCUT2D eigenvalue weighted by molar-refractivity contribution is -0.119. The molecule has 1 saturated heterocycles. The Bertz CT molecular complexity index is 428. The highest BCUT2D eigenvalue weighted by Crippen LogP contribution is 2.26. The van der Waals surface area contributed by atoms with E-state index in [1.165, 1.54) is 7.11 Å². The predicted molar refractivity (Wildman–Crippen MR) is 58.1 cm³/mol. The van der Waals surface area contributed by atoms with Gasteiger partial charge >= 0.3 is 5.97 Å². The second-order valence-corrected chi connectivity index (χ2v) is 3.78. The Morgan fingerprint density at radius 2 is 2.19 bits per heavy atom. The van der Waals surface area contributed by atoms with Crippen molar-refractivity contribution in [2.75, 3.05) is 13.7 Å². The molecule has 0 saturated carbocycles. The number of ether oxygens (including phenoxy) is 1. The van der Waals surface area contributed by atoms with Gasteiger partial charge in [-0.2, -0.15) is 0 Å². The molecule has 4 heteroatoms. The van der Waals surface area contributed by atoms with Crippen LogP contribution in [-0.2, 0) is 9.53 Å².